The van der Waals surface area contributed by atoms with Crippen molar-refractivity contribution in [1.29, 1.82) is 5.26 Å². The fourth-order valence-electron chi connectivity index (χ4n) is 3.09. The van der Waals surface area contributed by atoms with Crippen molar-refractivity contribution < 1.29 is 0 Å². The van der Waals surface area contributed by atoms with E-state index in [1.807, 2.05) is 24.3 Å². The van der Waals surface area contributed by atoms with E-state index < -0.39 is 0 Å². The molecular weight excluding hydrogens is 292 g/mol. The molecule has 1 aliphatic heterocycles. The zero-order valence-electron chi connectivity index (χ0n) is 12.7. The minimum absolute atomic E-state index is 0.328. The molecule has 1 fully saturated rings. The molecule has 3 rings (SSSR count). The van der Waals surface area contributed by atoms with E-state index in [1.54, 1.807) is 0 Å². The third-order valence-corrected chi connectivity index (χ3v) is 4.92. The van der Waals surface area contributed by atoms with Gasteiger partial charge >= 0.3 is 0 Å². The summed E-state index contributed by atoms with van der Waals surface area (Å²) in [5.74, 6) is 0. The summed E-state index contributed by atoms with van der Waals surface area (Å²) in [6, 6.07) is 18.9. The Kier molecular flexibility index (Phi) is 4.20. The summed E-state index contributed by atoms with van der Waals surface area (Å²) in [5.41, 5.74) is 3.11. The van der Waals surface area contributed by atoms with Crippen LogP contribution in [0.15, 0.2) is 48.5 Å². The number of rotatable bonds is 2. The summed E-state index contributed by atoms with van der Waals surface area (Å²) in [7, 11) is 2.12. The Morgan fingerprint density at radius 2 is 1.45 bits per heavy atom. The Labute approximate surface area is 136 Å². The molecule has 0 aromatic heterocycles. The van der Waals surface area contributed by atoms with Gasteiger partial charge in [0.05, 0.1) is 11.5 Å². The number of nitrogens with zero attached hydrogens (tertiary/aromatic N) is 2. The van der Waals surface area contributed by atoms with Crippen molar-refractivity contribution in [2.75, 3.05) is 20.1 Å². The molecule has 0 unspecified atom stereocenters. The van der Waals surface area contributed by atoms with Crippen LogP contribution < -0.4 is 0 Å². The summed E-state index contributed by atoms with van der Waals surface area (Å²) in [6.07, 6.45) is 1.81. The summed E-state index contributed by atoms with van der Waals surface area (Å²) < 4.78 is 0. The van der Waals surface area contributed by atoms with Gasteiger partial charge in [0, 0.05) is 5.02 Å². The molecule has 1 saturated heterocycles. The Morgan fingerprint density at radius 3 is 1.95 bits per heavy atom. The van der Waals surface area contributed by atoms with E-state index in [1.165, 1.54) is 0 Å². The molecule has 1 aliphatic rings. The van der Waals surface area contributed by atoms with E-state index >= 15 is 0 Å². The lowest BCUT2D eigenvalue weighted by molar-refractivity contribution is 0.222. The lowest BCUT2D eigenvalue weighted by Gasteiger charge is -2.35. The number of nitriles is 1. The lowest BCUT2D eigenvalue weighted by atomic mass is 9.74. The van der Waals surface area contributed by atoms with Crippen molar-refractivity contribution in [2.24, 2.45) is 0 Å². The molecule has 2 aromatic rings. The third kappa shape index (κ3) is 2.88. The van der Waals surface area contributed by atoms with Crippen LogP contribution in [0.1, 0.15) is 18.4 Å². The average molecular weight is 311 g/mol. The molecule has 2 nitrogen and oxygen atoms in total. The van der Waals surface area contributed by atoms with Gasteiger partial charge in [-0.1, -0.05) is 48.0 Å². The van der Waals surface area contributed by atoms with Crippen molar-refractivity contribution in [3.8, 4) is 17.2 Å². The zero-order valence-corrected chi connectivity index (χ0v) is 13.5. The minimum Gasteiger partial charge on any atom is -0.306 e. The van der Waals surface area contributed by atoms with Crippen molar-refractivity contribution >= 4 is 11.6 Å². The second-order valence-corrected chi connectivity index (χ2v) is 6.52. The maximum atomic E-state index is 9.71. The topological polar surface area (TPSA) is 27.0 Å². The summed E-state index contributed by atoms with van der Waals surface area (Å²) in [5, 5.41) is 10.5. The van der Waals surface area contributed by atoms with Gasteiger partial charge in [-0.25, -0.2) is 0 Å². The molecule has 1 heterocycles. The number of hydrogen-bond donors (Lipinski definition) is 0. The SMILES string of the molecule is CN1CCC(C#N)(c2ccc(-c3ccc(Cl)cc3)cc2)CC1. The van der Waals surface area contributed by atoms with E-state index in [4.69, 9.17) is 11.6 Å². The van der Waals surface area contributed by atoms with Crippen LogP contribution in [0.3, 0.4) is 0 Å². The van der Waals surface area contributed by atoms with E-state index in [0.29, 0.717) is 0 Å². The highest BCUT2D eigenvalue weighted by Crippen LogP contribution is 2.35. The largest absolute Gasteiger partial charge is 0.306 e. The van der Waals surface area contributed by atoms with Gasteiger partial charge in [-0.2, -0.15) is 5.26 Å². The van der Waals surface area contributed by atoms with Gasteiger partial charge in [-0.15, -0.1) is 0 Å². The number of halogens is 1. The van der Waals surface area contributed by atoms with Crippen molar-refractivity contribution in [2.45, 2.75) is 18.3 Å². The standard InChI is InChI=1S/C19H19ClN2/c1-22-12-10-19(14-21,11-13-22)17-6-2-15(3-7-17)16-4-8-18(20)9-5-16/h2-9H,10-13H2,1H3. The van der Waals surface area contributed by atoms with E-state index in [-0.39, 0.29) is 5.41 Å². The number of likely N-dealkylation sites (tertiary alicyclic amines) is 1. The zero-order chi connectivity index (χ0) is 15.6. The van der Waals surface area contributed by atoms with Crippen LogP contribution in [0, 0.1) is 11.3 Å². The predicted octanol–water partition coefficient (Wildman–Crippen LogP) is 4.49. The van der Waals surface area contributed by atoms with Gasteiger partial charge < -0.3 is 4.90 Å². The summed E-state index contributed by atoms with van der Waals surface area (Å²) >= 11 is 5.93. The third-order valence-electron chi connectivity index (χ3n) is 4.67. The van der Waals surface area contributed by atoms with Crippen LogP contribution >= 0.6 is 11.6 Å². The lowest BCUT2D eigenvalue weighted by Crippen LogP contribution is -2.39. The molecule has 0 radical (unpaired) electrons. The Hall–Kier alpha value is -1.82. The molecule has 0 saturated carbocycles. The fraction of sp³-hybridized carbons (Fsp3) is 0.316. The predicted molar refractivity (Wildman–Crippen MR) is 90.9 cm³/mol. The molecule has 0 aliphatic carbocycles. The van der Waals surface area contributed by atoms with Gasteiger partial charge in [0.2, 0.25) is 0 Å². The second-order valence-electron chi connectivity index (χ2n) is 6.08. The van der Waals surface area contributed by atoms with Crippen molar-refractivity contribution in [1.82, 2.24) is 4.90 Å². The van der Waals surface area contributed by atoms with E-state index in [9.17, 15) is 5.26 Å². The summed E-state index contributed by atoms with van der Waals surface area (Å²) in [4.78, 5) is 2.29. The molecule has 0 bridgehead atoms. The van der Waals surface area contributed by atoms with Crippen molar-refractivity contribution in [3.05, 3.63) is 59.1 Å². The molecule has 0 amide bonds. The first-order chi connectivity index (χ1) is 10.6. The van der Waals surface area contributed by atoms with Crippen LogP contribution in [0.25, 0.3) is 11.1 Å². The van der Waals surface area contributed by atoms with Gasteiger partial charge in [0.15, 0.2) is 0 Å². The summed E-state index contributed by atoms with van der Waals surface area (Å²) in [6.45, 7) is 1.96. The Morgan fingerprint density at radius 1 is 0.955 bits per heavy atom. The Bertz CT molecular complexity index is 675. The molecule has 2 aromatic carbocycles. The molecule has 3 heteroatoms. The van der Waals surface area contributed by atoms with Crippen LogP contribution in [-0.2, 0) is 5.41 Å². The van der Waals surface area contributed by atoms with Gasteiger partial charge in [0.25, 0.3) is 0 Å². The maximum absolute atomic E-state index is 9.71. The molecule has 0 N–H and O–H groups in total. The highest BCUT2D eigenvalue weighted by atomic mass is 35.5. The average Bonchev–Trinajstić information content (AvgIpc) is 2.57. The maximum Gasteiger partial charge on any atom is 0.0846 e. The molecule has 22 heavy (non-hydrogen) atoms. The number of benzene rings is 2. The second kappa shape index (κ2) is 6.12. The molecule has 112 valence electrons. The van der Waals surface area contributed by atoms with E-state index in [0.717, 1.165) is 47.6 Å². The number of hydrogen-bond acceptors (Lipinski definition) is 2. The van der Waals surface area contributed by atoms with Crippen LogP contribution in [-0.4, -0.2) is 25.0 Å². The fourth-order valence-corrected chi connectivity index (χ4v) is 3.22. The van der Waals surface area contributed by atoms with Crippen LogP contribution in [0.5, 0.6) is 0 Å². The highest BCUT2D eigenvalue weighted by Gasteiger charge is 2.35. The van der Waals surface area contributed by atoms with Crippen LogP contribution in [0.2, 0.25) is 5.02 Å². The number of piperidine rings is 1. The molecule has 0 spiro atoms. The van der Waals surface area contributed by atoms with Crippen molar-refractivity contribution in [3.63, 3.8) is 0 Å². The van der Waals surface area contributed by atoms with E-state index in [2.05, 4.69) is 42.3 Å². The minimum atomic E-state index is -0.328. The molecule has 0 atom stereocenters. The van der Waals surface area contributed by atoms with Gasteiger partial charge in [-0.3, -0.25) is 0 Å². The Balaban J connectivity index is 1.87. The van der Waals surface area contributed by atoms with Gasteiger partial charge in [0.1, 0.15) is 0 Å². The highest BCUT2D eigenvalue weighted by molar-refractivity contribution is 6.30. The first-order valence-corrected chi connectivity index (χ1v) is 7.97. The quantitative estimate of drug-likeness (QED) is 0.817. The molecular formula is C19H19ClN2. The first kappa shape index (κ1) is 15.1. The van der Waals surface area contributed by atoms with Gasteiger partial charge in [-0.05, 0) is 61.8 Å². The smallest absolute Gasteiger partial charge is 0.0846 e. The monoisotopic (exact) mass is 310 g/mol. The normalized spacial score (nSPS) is 17.9. The first-order valence-electron chi connectivity index (χ1n) is 7.59. The van der Waals surface area contributed by atoms with Crippen LogP contribution in [0.4, 0.5) is 0 Å².